The van der Waals surface area contributed by atoms with Gasteiger partial charge >= 0.3 is 5.69 Å². The van der Waals surface area contributed by atoms with Crippen LogP contribution in [-0.2, 0) is 11.8 Å². The quantitative estimate of drug-likeness (QED) is 0.881. The number of aromatic nitrogens is 4. The van der Waals surface area contributed by atoms with Gasteiger partial charge in [0.2, 0.25) is 0 Å². The zero-order chi connectivity index (χ0) is 15.0. The zero-order valence-corrected chi connectivity index (χ0v) is 12.5. The largest absolute Gasteiger partial charge is 0.377 e. The Morgan fingerprint density at radius 3 is 2.95 bits per heavy atom. The summed E-state index contributed by atoms with van der Waals surface area (Å²) >= 11 is 0. The minimum atomic E-state index is -0.346. The molecule has 0 aromatic carbocycles. The van der Waals surface area contributed by atoms with Crippen LogP contribution in [0.1, 0.15) is 12.5 Å². The molecular weight excluding hydrogens is 270 g/mol. The molecule has 3 rings (SSSR count). The third-order valence-electron chi connectivity index (χ3n) is 3.77. The first-order chi connectivity index (χ1) is 10.1. The predicted octanol–water partition coefficient (Wildman–Crippen LogP) is 0.704. The molecule has 1 unspecified atom stereocenters. The molecule has 1 aliphatic heterocycles. The van der Waals surface area contributed by atoms with Gasteiger partial charge in [-0.3, -0.25) is 4.68 Å². The summed E-state index contributed by atoms with van der Waals surface area (Å²) in [5.74, 6) is 0.685. The second kappa shape index (κ2) is 5.33. The predicted molar refractivity (Wildman–Crippen MR) is 79.4 cm³/mol. The van der Waals surface area contributed by atoms with Gasteiger partial charge in [0.05, 0.1) is 36.8 Å². The summed E-state index contributed by atoms with van der Waals surface area (Å²) < 4.78 is 7.19. The van der Waals surface area contributed by atoms with Crippen molar-refractivity contribution in [3.8, 4) is 11.4 Å². The lowest BCUT2D eigenvalue weighted by Gasteiger charge is -2.34. The van der Waals surface area contributed by atoms with E-state index in [-0.39, 0.29) is 11.7 Å². The normalized spacial score (nSPS) is 19.0. The minimum absolute atomic E-state index is 0.202. The van der Waals surface area contributed by atoms with E-state index in [1.807, 2.05) is 20.0 Å². The van der Waals surface area contributed by atoms with E-state index in [9.17, 15) is 4.79 Å². The van der Waals surface area contributed by atoms with Crippen LogP contribution in [0.2, 0.25) is 0 Å². The molecule has 1 N–H and O–H groups in total. The molecule has 21 heavy (non-hydrogen) atoms. The van der Waals surface area contributed by atoms with Crippen LogP contribution in [0.4, 0.5) is 5.82 Å². The molecule has 7 heteroatoms. The highest BCUT2D eigenvalue weighted by atomic mass is 16.5. The number of rotatable bonds is 2. The number of nitrogens with one attached hydrogen (secondary N) is 1. The van der Waals surface area contributed by atoms with Crippen molar-refractivity contribution >= 4 is 5.82 Å². The van der Waals surface area contributed by atoms with Crippen molar-refractivity contribution in [2.75, 3.05) is 24.7 Å². The number of aryl methyl sites for hydroxylation is 2. The second-order valence-electron chi connectivity index (χ2n) is 5.38. The van der Waals surface area contributed by atoms with Gasteiger partial charge in [0, 0.05) is 19.7 Å². The molecule has 7 nitrogen and oxygen atoms in total. The fourth-order valence-electron chi connectivity index (χ4n) is 2.72. The molecule has 0 saturated carbocycles. The summed E-state index contributed by atoms with van der Waals surface area (Å²) in [5, 5.41) is 4.22. The molecule has 0 bridgehead atoms. The van der Waals surface area contributed by atoms with Gasteiger partial charge in [-0.05, 0) is 19.4 Å². The second-order valence-corrected chi connectivity index (χ2v) is 5.38. The highest BCUT2D eigenvalue weighted by molar-refractivity contribution is 5.62. The van der Waals surface area contributed by atoms with Crippen LogP contribution in [0.15, 0.2) is 17.1 Å². The molecule has 3 heterocycles. The Morgan fingerprint density at radius 2 is 2.29 bits per heavy atom. The van der Waals surface area contributed by atoms with Gasteiger partial charge < -0.3 is 14.6 Å². The van der Waals surface area contributed by atoms with Gasteiger partial charge in [0.1, 0.15) is 5.82 Å². The SMILES string of the molecule is Cc1cnn(C)c1-c1cc(N2CCOCC2C)nc(=O)[nH]1. The zero-order valence-electron chi connectivity index (χ0n) is 12.5. The summed E-state index contributed by atoms with van der Waals surface area (Å²) in [5.41, 5.74) is 2.31. The molecule has 0 aliphatic carbocycles. The van der Waals surface area contributed by atoms with Crippen molar-refractivity contribution in [1.82, 2.24) is 19.7 Å². The lowest BCUT2D eigenvalue weighted by Crippen LogP contribution is -2.44. The van der Waals surface area contributed by atoms with E-state index in [0.717, 1.165) is 23.5 Å². The van der Waals surface area contributed by atoms with Crippen molar-refractivity contribution in [3.63, 3.8) is 0 Å². The Morgan fingerprint density at radius 1 is 1.48 bits per heavy atom. The number of morpholine rings is 1. The molecule has 2 aromatic rings. The average molecular weight is 289 g/mol. The minimum Gasteiger partial charge on any atom is -0.377 e. The van der Waals surface area contributed by atoms with Crippen molar-refractivity contribution < 1.29 is 4.74 Å². The lowest BCUT2D eigenvalue weighted by molar-refractivity contribution is 0.0985. The number of anilines is 1. The first kappa shape index (κ1) is 13.8. The highest BCUT2D eigenvalue weighted by Crippen LogP contribution is 2.23. The topological polar surface area (TPSA) is 76.0 Å². The molecule has 112 valence electrons. The highest BCUT2D eigenvalue weighted by Gasteiger charge is 2.22. The van der Waals surface area contributed by atoms with E-state index in [4.69, 9.17) is 4.74 Å². The van der Waals surface area contributed by atoms with Gasteiger partial charge in [-0.15, -0.1) is 0 Å². The first-order valence-corrected chi connectivity index (χ1v) is 7.01. The summed E-state index contributed by atoms with van der Waals surface area (Å²) in [6.07, 6.45) is 1.78. The van der Waals surface area contributed by atoms with E-state index >= 15 is 0 Å². The smallest absolute Gasteiger partial charge is 0.347 e. The van der Waals surface area contributed by atoms with Gasteiger partial charge in [-0.25, -0.2) is 4.79 Å². The van der Waals surface area contributed by atoms with E-state index in [0.29, 0.717) is 19.0 Å². The average Bonchev–Trinajstić information content (AvgIpc) is 2.78. The number of hydrogen-bond donors (Lipinski definition) is 1. The Kier molecular flexibility index (Phi) is 3.50. The fourth-order valence-corrected chi connectivity index (χ4v) is 2.72. The molecule has 1 saturated heterocycles. The maximum Gasteiger partial charge on any atom is 0.347 e. The molecule has 0 amide bonds. The summed E-state index contributed by atoms with van der Waals surface area (Å²) in [7, 11) is 1.86. The first-order valence-electron chi connectivity index (χ1n) is 7.01. The van der Waals surface area contributed by atoms with Crippen molar-refractivity contribution in [2.24, 2.45) is 7.05 Å². The van der Waals surface area contributed by atoms with E-state index in [1.165, 1.54) is 0 Å². The summed E-state index contributed by atoms with van der Waals surface area (Å²) in [6.45, 7) is 6.07. The molecule has 0 radical (unpaired) electrons. The lowest BCUT2D eigenvalue weighted by atomic mass is 10.2. The van der Waals surface area contributed by atoms with Gasteiger partial charge in [0.25, 0.3) is 0 Å². The number of H-pyrrole nitrogens is 1. The van der Waals surface area contributed by atoms with Crippen LogP contribution in [0.5, 0.6) is 0 Å². The van der Waals surface area contributed by atoms with Crippen LogP contribution in [0, 0.1) is 6.92 Å². The molecule has 1 atom stereocenters. The van der Waals surface area contributed by atoms with Crippen LogP contribution in [0.25, 0.3) is 11.4 Å². The third-order valence-corrected chi connectivity index (χ3v) is 3.77. The number of hydrogen-bond acceptors (Lipinski definition) is 5. The van der Waals surface area contributed by atoms with Crippen LogP contribution >= 0.6 is 0 Å². The van der Waals surface area contributed by atoms with E-state index in [2.05, 4.69) is 26.9 Å². The molecule has 0 spiro atoms. The Balaban J connectivity index is 2.06. The monoisotopic (exact) mass is 289 g/mol. The molecule has 1 aliphatic rings. The number of aromatic amines is 1. The Hall–Kier alpha value is -2.15. The number of nitrogens with zero attached hydrogens (tertiary/aromatic N) is 4. The Bertz CT molecular complexity index is 686. The van der Waals surface area contributed by atoms with Gasteiger partial charge in [0.15, 0.2) is 0 Å². The maximum absolute atomic E-state index is 11.9. The summed E-state index contributed by atoms with van der Waals surface area (Å²) in [4.78, 5) is 20.9. The standard InChI is InChI=1S/C14H19N5O2/c1-9-7-15-18(3)13(9)11-6-12(17-14(20)16-11)19-4-5-21-8-10(19)2/h6-7,10H,4-5,8H2,1-3H3,(H,16,17,20). The van der Waals surface area contributed by atoms with Crippen molar-refractivity contribution in [1.29, 1.82) is 0 Å². The van der Waals surface area contributed by atoms with E-state index in [1.54, 1.807) is 10.9 Å². The fraction of sp³-hybridized carbons (Fsp3) is 0.500. The van der Waals surface area contributed by atoms with Gasteiger partial charge in [-0.2, -0.15) is 10.1 Å². The van der Waals surface area contributed by atoms with Crippen molar-refractivity contribution in [2.45, 2.75) is 19.9 Å². The Labute approximate surface area is 122 Å². The molecule has 1 fully saturated rings. The molecular formula is C14H19N5O2. The summed E-state index contributed by atoms with van der Waals surface area (Å²) in [6, 6.07) is 2.11. The van der Waals surface area contributed by atoms with Crippen molar-refractivity contribution in [3.05, 3.63) is 28.3 Å². The number of ether oxygens (including phenoxy) is 1. The van der Waals surface area contributed by atoms with Gasteiger partial charge in [-0.1, -0.05) is 0 Å². The third kappa shape index (κ3) is 2.56. The van der Waals surface area contributed by atoms with E-state index < -0.39 is 0 Å². The van der Waals surface area contributed by atoms with Crippen LogP contribution in [-0.4, -0.2) is 45.5 Å². The maximum atomic E-state index is 11.9. The molecule has 2 aromatic heterocycles. The van der Waals surface area contributed by atoms with Crippen LogP contribution < -0.4 is 10.6 Å². The van der Waals surface area contributed by atoms with Crippen LogP contribution in [0.3, 0.4) is 0 Å².